The van der Waals surface area contributed by atoms with Gasteiger partial charge < -0.3 is 18.9 Å². The van der Waals surface area contributed by atoms with Crippen LogP contribution in [-0.4, -0.2) is 32.0 Å². The zero-order chi connectivity index (χ0) is 28.3. The minimum Gasteiger partial charge on any atom is -0.465 e. The lowest BCUT2D eigenvalue weighted by atomic mass is 9.79. The van der Waals surface area contributed by atoms with E-state index in [1.54, 1.807) is 19.1 Å². The second-order valence-electron chi connectivity index (χ2n) is 9.75. The largest absolute Gasteiger partial charge is 0.465 e. The van der Waals surface area contributed by atoms with Crippen LogP contribution in [0.15, 0.2) is 48.5 Å². The molecular formula is C30H45F3O4. The lowest BCUT2D eigenvalue weighted by Gasteiger charge is -2.31. The number of hydrogen-bond donors (Lipinski definition) is 0. The van der Waals surface area contributed by atoms with Gasteiger partial charge in [-0.2, -0.15) is 13.2 Å². The Kier molecular flexibility index (Phi) is 13.0. The van der Waals surface area contributed by atoms with Crippen LogP contribution in [0.4, 0.5) is 13.2 Å². The van der Waals surface area contributed by atoms with Gasteiger partial charge in [0.2, 0.25) is 0 Å². The average Bonchev–Trinajstić information content (AvgIpc) is 2.84. The molecule has 0 saturated carbocycles. The fourth-order valence-electron chi connectivity index (χ4n) is 3.58. The Hall–Kier alpha value is -2.25. The van der Waals surface area contributed by atoms with Gasteiger partial charge in [0, 0.05) is 13.2 Å². The van der Waals surface area contributed by atoms with Crippen molar-refractivity contribution in [2.75, 3.05) is 13.2 Å². The van der Waals surface area contributed by atoms with Gasteiger partial charge in [-0.1, -0.05) is 52.0 Å². The number of alkyl halides is 3. The van der Waals surface area contributed by atoms with E-state index in [4.69, 9.17) is 18.9 Å². The number of benzene rings is 2. The number of rotatable bonds is 12. The Labute approximate surface area is 221 Å². The highest BCUT2D eigenvalue weighted by Gasteiger charge is 2.50. The van der Waals surface area contributed by atoms with E-state index < -0.39 is 17.9 Å². The predicted molar refractivity (Wildman–Crippen MR) is 143 cm³/mol. The van der Waals surface area contributed by atoms with Crippen LogP contribution in [0.1, 0.15) is 86.3 Å². The Morgan fingerprint density at radius 2 is 1.00 bits per heavy atom. The molecule has 0 bridgehead atoms. The van der Waals surface area contributed by atoms with Gasteiger partial charge in [0.25, 0.3) is 0 Å². The summed E-state index contributed by atoms with van der Waals surface area (Å²) in [7, 11) is 0. The van der Waals surface area contributed by atoms with E-state index >= 15 is 0 Å². The summed E-state index contributed by atoms with van der Waals surface area (Å²) in [5.74, 6) is 1.36. The van der Waals surface area contributed by atoms with Gasteiger partial charge in [0.05, 0.1) is 5.41 Å². The summed E-state index contributed by atoms with van der Waals surface area (Å²) in [4.78, 5) is 0. The Balaban J connectivity index is 0.000000375. The first-order valence-electron chi connectivity index (χ1n) is 13.1. The Bertz CT molecular complexity index is 895. The third-order valence-corrected chi connectivity index (χ3v) is 6.75. The summed E-state index contributed by atoms with van der Waals surface area (Å²) in [6.45, 7) is 18.1. The summed E-state index contributed by atoms with van der Waals surface area (Å²) in [6.07, 6.45) is -3.77. The van der Waals surface area contributed by atoms with Crippen molar-refractivity contribution in [3.63, 3.8) is 0 Å². The molecule has 37 heavy (non-hydrogen) atoms. The van der Waals surface area contributed by atoms with Crippen LogP contribution in [0.25, 0.3) is 0 Å². The van der Waals surface area contributed by atoms with Crippen LogP contribution in [-0.2, 0) is 20.3 Å². The molecule has 0 heterocycles. The van der Waals surface area contributed by atoms with Gasteiger partial charge in [0.1, 0.15) is 11.5 Å². The summed E-state index contributed by atoms with van der Waals surface area (Å²) < 4.78 is 61.1. The van der Waals surface area contributed by atoms with Crippen LogP contribution >= 0.6 is 0 Å². The summed E-state index contributed by atoms with van der Waals surface area (Å²) in [6, 6.07) is 14.3. The van der Waals surface area contributed by atoms with Gasteiger partial charge in [-0.15, -0.1) is 0 Å². The highest BCUT2D eigenvalue weighted by molar-refractivity contribution is 5.33. The van der Waals surface area contributed by atoms with Crippen LogP contribution in [0.5, 0.6) is 11.5 Å². The topological polar surface area (TPSA) is 36.9 Å². The van der Waals surface area contributed by atoms with Gasteiger partial charge in [0.15, 0.2) is 12.6 Å². The summed E-state index contributed by atoms with van der Waals surface area (Å²) in [5, 5.41) is 0. The van der Waals surface area contributed by atoms with Crippen LogP contribution in [0.2, 0.25) is 0 Å². The fourth-order valence-corrected chi connectivity index (χ4v) is 3.58. The van der Waals surface area contributed by atoms with Crippen molar-refractivity contribution in [1.29, 1.82) is 0 Å². The van der Waals surface area contributed by atoms with E-state index in [-0.39, 0.29) is 23.7 Å². The minimum absolute atomic E-state index is 0.00788. The molecule has 0 radical (unpaired) electrons. The standard InChI is InChI=1S/C15H21F3O2.C15H24O2/c1-5-14(4,15(16,17)18)12-7-9-13(10-8-12)20-11(3)19-6-2;1-6-15(4,5)13-8-10-14(11-9-13)17-12(3)16-7-2/h7-11H,5-6H2,1-4H3;8-12H,6-7H2,1-5H3. The highest BCUT2D eigenvalue weighted by atomic mass is 19.4. The number of ether oxygens (including phenoxy) is 4. The summed E-state index contributed by atoms with van der Waals surface area (Å²) >= 11 is 0. The van der Waals surface area contributed by atoms with Crippen molar-refractivity contribution >= 4 is 0 Å². The van der Waals surface area contributed by atoms with Crippen molar-refractivity contribution in [3.8, 4) is 11.5 Å². The van der Waals surface area contributed by atoms with Crippen LogP contribution in [0, 0.1) is 0 Å². The van der Waals surface area contributed by atoms with Crippen molar-refractivity contribution in [3.05, 3.63) is 59.7 Å². The average molecular weight is 527 g/mol. The molecule has 0 saturated heterocycles. The number of halogens is 3. The second-order valence-corrected chi connectivity index (χ2v) is 9.75. The molecule has 3 atom stereocenters. The molecule has 0 aliphatic rings. The zero-order valence-electron chi connectivity index (χ0n) is 23.9. The van der Waals surface area contributed by atoms with Gasteiger partial charge in [-0.05, 0) is 88.3 Å². The maximum atomic E-state index is 13.2. The molecule has 4 nitrogen and oxygen atoms in total. The molecule has 3 unspecified atom stereocenters. The second kappa shape index (κ2) is 14.6. The third kappa shape index (κ3) is 9.86. The van der Waals surface area contributed by atoms with Crippen LogP contribution in [0.3, 0.4) is 0 Å². The zero-order valence-corrected chi connectivity index (χ0v) is 23.9. The predicted octanol–water partition coefficient (Wildman–Crippen LogP) is 8.81. The Morgan fingerprint density at radius 3 is 1.30 bits per heavy atom. The molecule has 210 valence electrons. The maximum absolute atomic E-state index is 13.2. The molecule has 0 fully saturated rings. The van der Waals surface area contributed by atoms with Crippen molar-refractivity contribution in [1.82, 2.24) is 0 Å². The first kappa shape index (κ1) is 32.8. The highest BCUT2D eigenvalue weighted by Crippen LogP contribution is 2.43. The normalized spacial score (nSPS) is 15.1. The first-order chi connectivity index (χ1) is 17.2. The van der Waals surface area contributed by atoms with Crippen molar-refractivity contribution < 1.29 is 32.1 Å². The fraction of sp³-hybridized carbons (Fsp3) is 0.600. The lowest BCUT2D eigenvalue weighted by Crippen LogP contribution is -2.38. The quantitative estimate of drug-likeness (QED) is 0.259. The lowest BCUT2D eigenvalue weighted by molar-refractivity contribution is -0.186. The van der Waals surface area contributed by atoms with Gasteiger partial charge in [-0.25, -0.2) is 0 Å². The van der Waals surface area contributed by atoms with Crippen molar-refractivity contribution in [2.45, 2.75) is 105 Å². The molecule has 2 aromatic rings. The molecule has 0 aliphatic heterocycles. The molecule has 0 amide bonds. The van der Waals surface area contributed by atoms with E-state index in [0.717, 1.165) is 12.2 Å². The van der Waals surface area contributed by atoms with E-state index in [1.165, 1.54) is 31.5 Å². The first-order valence-corrected chi connectivity index (χ1v) is 13.1. The smallest absolute Gasteiger partial charge is 0.398 e. The van der Waals surface area contributed by atoms with Gasteiger partial charge in [-0.3, -0.25) is 0 Å². The summed E-state index contributed by atoms with van der Waals surface area (Å²) in [5.41, 5.74) is -0.0264. The maximum Gasteiger partial charge on any atom is 0.398 e. The molecular weight excluding hydrogens is 481 g/mol. The van der Waals surface area contributed by atoms with E-state index in [2.05, 4.69) is 32.9 Å². The van der Waals surface area contributed by atoms with Crippen molar-refractivity contribution in [2.24, 2.45) is 0 Å². The third-order valence-electron chi connectivity index (χ3n) is 6.75. The van der Waals surface area contributed by atoms with E-state index in [9.17, 15) is 13.2 Å². The van der Waals surface area contributed by atoms with Crippen LogP contribution < -0.4 is 9.47 Å². The monoisotopic (exact) mass is 526 g/mol. The minimum atomic E-state index is -4.28. The van der Waals surface area contributed by atoms with Gasteiger partial charge >= 0.3 is 6.18 Å². The molecule has 7 heteroatoms. The molecule has 0 aliphatic carbocycles. The van der Waals surface area contributed by atoms with E-state index in [1.807, 2.05) is 32.9 Å². The number of hydrogen-bond acceptors (Lipinski definition) is 4. The SMILES string of the molecule is CCOC(C)Oc1ccc(C(C)(C)CC)cc1.CCOC(C)Oc1ccc(C(C)(CC)C(F)(F)F)cc1. The molecule has 2 rings (SSSR count). The molecule has 0 N–H and O–H groups in total. The molecule has 2 aromatic carbocycles. The molecule has 0 aromatic heterocycles. The Morgan fingerprint density at radius 1 is 0.622 bits per heavy atom. The molecule has 0 spiro atoms. The van der Waals surface area contributed by atoms with E-state index in [0.29, 0.717) is 19.0 Å².